The molecule has 1 aromatic carbocycles. The SMILES string of the molecule is CCCN(C)Cc1cccc(C(=N)N)c1F. The Balaban J connectivity index is 2.89. The molecule has 0 aliphatic carbocycles. The van der Waals surface area contributed by atoms with Gasteiger partial charge in [0.25, 0.3) is 0 Å². The minimum absolute atomic E-state index is 0.183. The number of amidine groups is 1. The standard InChI is InChI=1S/C12H18FN3/c1-3-7-16(2)8-9-5-4-6-10(11(9)13)12(14)15/h4-6H,3,7-8H2,1-2H3,(H3,14,15). The van der Waals surface area contributed by atoms with Crippen molar-refractivity contribution in [1.29, 1.82) is 5.41 Å². The summed E-state index contributed by atoms with van der Waals surface area (Å²) < 4.78 is 13.9. The Kier molecular flexibility index (Phi) is 4.43. The van der Waals surface area contributed by atoms with Gasteiger partial charge >= 0.3 is 0 Å². The smallest absolute Gasteiger partial charge is 0.138 e. The maximum atomic E-state index is 13.9. The molecule has 0 saturated carbocycles. The summed E-state index contributed by atoms with van der Waals surface area (Å²) in [5.74, 6) is -0.601. The first-order valence-electron chi connectivity index (χ1n) is 5.36. The van der Waals surface area contributed by atoms with Crippen molar-refractivity contribution in [1.82, 2.24) is 4.90 Å². The van der Waals surface area contributed by atoms with Crippen LogP contribution < -0.4 is 5.73 Å². The second-order valence-electron chi connectivity index (χ2n) is 3.93. The quantitative estimate of drug-likeness (QED) is 0.592. The maximum Gasteiger partial charge on any atom is 0.138 e. The number of nitrogens with two attached hydrogens (primary N) is 1. The Bertz CT molecular complexity index is 377. The molecule has 1 rings (SSSR count). The van der Waals surface area contributed by atoms with E-state index < -0.39 is 0 Å². The molecule has 1 aromatic rings. The molecule has 0 aromatic heterocycles. The molecule has 0 bridgehead atoms. The highest BCUT2D eigenvalue weighted by molar-refractivity contribution is 5.95. The molecule has 0 fully saturated rings. The van der Waals surface area contributed by atoms with E-state index in [0.717, 1.165) is 13.0 Å². The number of hydrogen-bond donors (Lipinski definition) is 2. The van der Waals surface area contributed by atoms with Crippen molar-refractivity contribution in [2.24, 2.45) is 5.73 Å². The van der Waals surface area contributed by atoms with Crippen molar-refractivity contribution in [2.75, 3.05) is 13.6 Å². The van der Waals surface area contributed by atoms with E-state index in [1.54, 1.807) is 12.1 Å². The summed E-state index contributed by atoms with van der Waals surface area (Å²) in [6.07, 6.45) is 1.03. The summed E-state index contributed by atoms with van der Waals surface area (Å²) in [6.45, 7) is 3.55. The van der Waals surface area contributed by atoms with Gasteiger partial charge in [-0.1, -0.05) is 19.1 Å². The van der Waals surface area contributed by atoms with Gasteiger partial charge in [-0.2, -0.15) is 0 Å². The van der Waals surface area contributed by atoms with E-state index in [1.807, 2.05) is 11.9 Å². The van der Waals surface area contributed by atoms with E-state index in [4.69, 9.17) is 11.1 Å². The number of benzene rings is 1. The first-order chi connectivity index (χ1) is 7.56. The second kappa shape index (κ2) is 5.61. The lowest BCUT2D eigenvalue weighted by Gasteiger charge is -2.16. The van der Waals surface area contributed by atoms with Crippen molar-refractivity contribution in [3.8, 4) is 0 Å². The highest BCUT2D eigenvalue weighted by Crippen LogP contribution is 2.14. The Morgan fingerprint density at radius 1 is 1.50 bits per heavy atom. The molecule has 88 valence electrons. The third kappa shape index (κ3) is 3.03. The highest BCUT2D eigenvalue weighted by atomic mass is 19.1. The fraction of sp³-hybridized carbons (Fsp3) is 0.417. The molecule has 0 radical (unpaired) electrons. The zero-order valence-corrected chi connectivity index (χ0v) is 9.76. The van der Waals surface area contributed by atoms with Crippen molar-refractivity contribution in [2.45, 2.75) is 19.9 Å². The number of nitrogens with one attached hydrogen (secondary N) is 1. The first-order valence-corrected chi connectivity index (χ1v) is 5.36. The van der Waals surface area contributed by atoms with Gasteiger partial charge in [-0.25, -0.2) is 4.39 Å². The number of hydrogen-bond acceptors (Lipinski definition) is 2. The van der Waals surface area contributed by atoms with E-state index in [9.17, 15) is 4.39 Å². The van der Waals surface area contributed by atoms with Gasteiger partial charge in [0, 0.05) is 12.1 Å². The molecule has 0 unspecified atom stereocenters. The Hall–Kier alpha value is -1.42. The molecular formula is C12H18FN3. The van der Waals surface area contributed by atoms with E-state index >= 15 is 0 Å². The lowest BCUT2D eigenvalue weighted by Crippen LogP contribution is -2.21. The normalized spacial score (nSPS) is 10.8. The molecule has 0 amide bonds. The summed E-state index contributed by atoms with van der Waals surface area (Å²) in [6, 6.07) is 4.99. The van der Waals surface area contributed by atoms with Crippen LogP contribution in [-0.4, -0.2) is 24.3 Å². The molecule has 0 aliphatic heterocycles. The van der Waals surface area contributed by atoms with E-state index in [1.165, 1.54) is 6.07 Å². The molecule has 16 heavy (non-hydrogen) atoms. The fourth-order valence-electron chi connectivity index (χ4n) is 1.66. The van der Waals surface area contributed by atoms with Crippen LogP contribution in [0.5, 0.6) is 0 Å². The van der Waals surface area contributed by atoms with Crippen LogP contribution in [0.3, 0.4) is 0 Å². The Labute approximate surface area is 95.6 Å². The lowest BCUT2D eigenvalue weighted by atomic mass is 10.1. The minimum Gasteiger partial charge on any atom is -0.384 e. The largest absolute Gasteiger partial charge is 0.384 e. The summed E-state index contributed by atoms with van der Waals surface area (Å²) in [7, 11) is 1.95. The number of nitrogens with zero attached hydrogens (tertiary/aromatic N) is 1. The molecular weight excluding hydrogens is 205 g/mol. The third-order valence-corrected chi connectivity index (χ3v) is 2.41. The first kappa shape index (κ1) is 12.6. The summed E-state index contributed by atoms with van der Waals surface area (Å²) in [4.78, 5) is 2.04. The van der Waals surface area contributed by atoms with E-state index in [2.05, 4.69) is 6.92 Å². The zero-order valence-electron chi connectivity index (χ0n) is 9.76. The van der Waals surface area contributed by atoms with Gasteiger partial charge in [-0.05, 0) is 26.1 Å². The molecule has 3 N–H and O–H groups in total. The second-order valence-corrected chi connectivity index (χ2v) is 3.93. The van der Waals surface area contributed by atoms with Gasteiger partial charge in [0.2, 0.25) is 0 Å². The van der Waals surface area contributed by atoms with Crippen LogP contribution in [0.15, 0.2) is 18.2 Å². The predicted molar refractivity (Wildman–Crippen MR) is 64.0 cm³/mol. The van der Waals surface area contributed by atoms with Crippen LogP contribution in [0.1, 0.15) is 24.5 Å². The molecule has 0 aliphatic rings. The Morgan fingerprint density at radius 3 is 2.75 bits per heavy atom. The molecule has 0 spiro atoms. The van der Waals surface area contributed by atoms with Gasteiger partial charge in [0.15, 0.2) is 0 Å². The molecule has 3 nitrogen and oxygen atoms in total. The van der Waals surface area contributed by atoms with Gasteiger partial charge < -0.3 is 10.6 Å². The van der Waals surface area contributed by atoms with Crippen LogP contribution in [0.2, 0.25) is 0 Å². The Morgan fingerprint density at radius 2 is 2.19 bits per heavy atom. The van der Waals surface area contributed by atoms with Crippen molar-refractivity contribution < 1.29 is 4.39 Å². The van der Waals surface area contributed by atoms with Gasteiger partial charge in [0.1, 0.15) is 11.7 Å². The monoisotopic (exact) mass is 223 g/mol. The number of rotatable bonds is 5. The van der Waals surface area contributed by atoms with Crippen LogP contribution in [-0.2, 0) is 6.54 Å². The van der Waals surface area contributed by atoms with Gasteiger partial charge in [-0.15, -0.1) is 0 Å². The zero-order chi connectivity index (χ0) is 12.1. The number of halogens is 1. The minimum atomic E-state index is -0.377. The van der Waals surface area contributed by atoms with E-state index in [0.29, 0.717) is 12.1 Å². The fourth-order valence-corrected chi connectivity index (χ4v) is 1.66. The van der Waals surface area contributed by atoms with Crippen LogP contribution >= 0.6 is 0 Å². The third-order valence-electron chi connectivity index (χ3n) is 2.41. The van der Waals surface area contributed by atoms with E-state index in [-0.39, 0.29) is 17.2 Å². The number of nitrogen functional groups attached to an aromatic ring is 1. The molecule has 4 heteroatoms. The van der Waals surface area contributed by atoms with Crippen LogP contribution in [0.4, 0.5) is 4.39 Å². The van der Waals surface area contributed by atoms with Crippen LogP contribution in [0.25, 0.3) is 0 Å². The van der Waals surface area contributed by atoms with Gasteiger partial charge in [-0.3, -0.25) is 5.41 Å². The van der Waals surface area contributed by atoms with Crippen molar-refractivity contribution in [3.05, 3.63) is 35.1 Å². The van der Waals surface area contributed by atoms with Crippen molar-refractivity contribution in [3.63, 3.8) is 0 Å². The summed E-state index contributed by atoms with van der Waals surface area (Å²) in [5.41, 5.74) is 6.07. The average molecular weight is 223 g/mol. The summed E-state index contributed by atoms with van der Waals surface area (Å²) >= 11 is 0. The van der Waals surface area contributed by atoms with Crippen molar-refractivity contribution >= 4 is 5.84 Å². The summed E-state index contributed by atoms with van der Waals surface area (Å²) in [5, 5.41) is 7.26. The maximum absolute atomic E-state index is 13.9. The topological polar surface area (TPSA) is 53.1 Å². The lowest BCUT2D eigenvalue weighted by molar-refractivity contribution is 0.322. The molecule has 0 saturated heterocycles. The molecule has 0 heterocycles. The molecule has 0 atom stereocenters. The predicted octanol–water partition coefficient (Wildman–Crippen LogP) is 1.95. The highest BCUT2D eigenvalue weighted by Gasteiger charge is 2.11. The van der Waals surface area contributed by atoms with Crippen LogP contribution in [0, 0.1) is 11.2 Å². The van der Waals surface area contributed by atoms with Gasteiger partial charge in [0.05, 0.1) is 5.56 Å². The average Bonchev–Trinajstić information content (AvgIpc) is 2.21.